The van der Waals surface area contributed by atoms with Gasteiger partial charge in [0.25, 0.3) is 5.91 Å². The van der Waals surface area contributed by atoms with Crippen molar-refractivity contribution < 1.29 is 4.79 Å². The topological polar surface area (TPSA) is 55.1 Å². The van der Waals surface area contributed by atoms with Crippen LogP contribution in [-0.2, 0) is 6.54 Å². The molecule has 0 spiro atoms. The number of hydrogen-bond acceptors (Lipinski definition) is 2. The van der Waals surface area contributed by atoms with E-state index in [4.69, 9.17) is 5.73 Å². The van der Waals surface area contributed by atoms with Crippen LogP contribution in [0.4, 0.5) is 0 Å². The Kier molecular flexibility index (Phi) is 4.77. The molecule has 1 aliphatic rings. The zero-order valence-corrected chi connectivity index (χ0v) is 11.7. The summed E-state index contributed by atoms with van der Waals surface area (Å²) in [6.07, 6.45) is 1.21. The van der Waals surface area contributed by atoms with Crippen LogP contribution in [0.3, 0.4) is 0 Å². The number of hydrogen-bond donors (Lipinski definition) is 2. The molecule has 0 aliphatic heterocycles. The average molecular weight is 269 g/mol. The van der Waals surface area contributed by atoms with Crippen molar-refractivity contribution in [2.45, 2.75) is 26.8 Å². The van der Waals surface area contributed by atoms with E-state index < -0.39 is 0 Å². The molecule has 1 aliphatic carbocycles. The molecular formula is C14H21ClN2O. The Morgan fingerprint density at radius 2 is 1.94 bits per heavy atom. The van der Waals surface area contributed by atoms with Crippen molar-refractivity contribution in [3.63, 3.8) is 0 Å². The summed E-state index contributed by atoms with van der Waals surface area (Å²) >= 11 is 0. The number of nitrogens with two attached hydrogens (primary N) is 1. The number of nitrogens with one attached hydrogen (secondary N) is 1. The minimum atomic E-state index is 0. The molecule has 0 heterocycles. The van der Waals surface area contributed by atoms with E-state index in [0.29, 0.717) is 23.4 Å². The Morgan fingerprint density at radius 1 is 1.39 bits per heavy atom. The van der Waals surface area contributed by atoms with Gasteiger partial charge in [-0.15, -0.1) is 12.4 Å². The second-order valence-electron chi connectivity index (χ2n) is 5.50. The van der Waals surface area contributed by atoms with Gasteiger partial charge in [0, 0.05) is 18.7 Å². The standard InChI is InChI=1S/C14H20N2O.ClH/c1-14(2)7-12(14)9-16-13(17)11-5-3-10(8-15)4-6-11;/h3-6,12H,7-9,15H2,1-2H3,(H,16,17);1H. The molecule has 3 N–H and O–H groups in total. The number of rotatable bonds is 4. The molecule has 0 aromatic heterocycles. The Morgan fingerprint density at radius 3 is 2.39 bits per heavy atom. The van der Waals surface area contributed by atoms with Gasteiger partial charge in [-0.25, -0.2) is 0 Å². The Hall–Kier alpha value is -1.06. The number of benzene rings is 1. The first kappa shape index (κ1) is 15.0. The second-order valence-corrected chi connectivity index (χ2v) is 5.50. The first-order valence-corrected chi connectivity index (χ1v) is 6.10. The predicted octanol–water partition coefficient (Wildman–Crippen LogP) is 2.34. The quantitative estimate of drug-likeness (QED) is 0.881. The maximum atomic E-state index is 11.8. The molecule has 0 bridgehead atoms. The summed E-state index contributed by atoms with van der Waals surface area (Å²) in [7, 11) is 0. The SMILES string of the molecule is CC1(C)CC1CNC(=O)c1ccc(CN)cc1.Cl. The van der Waals surface area contributed by atoms with E-state index in [0.717, 1.165) is 12.1 Å². The minimum Gasteiger partial charge on any atom is -0.352 e. The van der Waals surface area contributed by atoms with Crippen molar-refractivity contribution in [2.24, 2.45) is 17.1 Å². The normalized spacial score (nSPS) is 19.8. The van der Waals surface area contributed by atoms with Crippen LogP contribution in [0.1, 0.15) is 36.2 Å². The molecule has 1 aromatic carbocycles. The molecule has 1 atom stereocenters. The summed E-state index contributed by atoms with van der Waals surface area (Å²) in [5.74, 6) is 0.644. The van der Waals surface area contributed by atoms with Gasteiger partial charge in [0.2, 0.25) is 0 Å². The van der Waals surface area contributed by atoms with Crippen molar-refractivity contribution in [1.82, 2.24) is 5.32 Å². The Labute approximate surface area is 115 Å². The summed E-state index contributed by atoms with van der Waals surface area (Å²) in [5, 5.41) is 2.98. The van der Waals surface area contributed by atoms with Gasteiger partial charge in [-0.1, -0.05) is 26.0 Å². The molecule has 2 rings (SSSR count). The molecule has 4 heteroatoms. The van der Waals surface area contributed by atoms with Crippen LogP contribution < -0.4 is 11.1 Å². The molecule has 1 saturated carbocycles. The lowest BCUT2D eigenvalue weighted by Crippen LogP contribution is -2.26. The maximum absolute atomic E-state index is 11.8. The van der Waals surface area contributed by atoms with Crippen LogP contribution in [0.15, 0.2) is 24.3 Å². The molecule has 18 heavy (non-hydrogen) atoms. The molecule has 1 fully saturated rings. The van der Waals surface area contributed by atoms with E-state index in [1.807, 2.05) is 24.3 Å². The van der Waals surface area contributed by atoms with Crippen LogP contribution in [0, 0.1) is 11.3 Å². The Balaban J connectivity index is 0.00000162. The van der Waals surface area contributed by atoms with Gasteiger partial charge in [-0.05, 0) is 35.4 Å². The average Bonchev–Trinajstić information content (AvgIpc) is 2.94. The summed E-state index contributed by atoms with van der Waals surface area (Å²) in [6.45, 7) is 5.77. The van der Waals surface area contributed by atoms with Crippen LogP contribution in [0.25, 0.3) is 0 Å². The zero-order chi connectivity index (χ0) is 12.5. The van der Waals surface area contributed by atoms with Crippen molar-refractivity contribution in [1.29, 1.82) is 0 Å². The molecule has 100 valence electrons. The van der Waals surface area contributed by atoms with Crippen LogP contribution >= 0.6 is 12.4 Å². The maximum Gasteiger partial charge on any atom is 0.251 e. The largest absolute Gasteiger partial charge is 0.352 e. The van der Waals surface area contributed by atoms with Gasteiger partial charge >= 0.3 is 0 Å². The van der Waals surface area contributed by atoms with E-state index >= 15 is 0 Å². The highest BCUT2D eigenvalue weighted by atomic mass is 35.5. The molecule has 3 nitrogen and oxygen atoms in total. The third-order valence-corrected chi connectivity index (χ3v) is 3.68. The fourth-order valence-electron chi connectivity index (χ4n) is 2.03. The predicted molar refractivity (Wildman–Crippen MR) is 75.8 cm³/mol. The third kappa shape index (κ3) is 3.47. The van der Waals surface area contributed by atoms with Gasteiger partial charge in [-0.3, -0.25) is 4.79 Å². The third-order valence-electron chi connectivity index (χ3n) is 3.68. The van der Waals surface area contributed by atoms with Gasteiger partial charge in [0.15, 0.2) is 0 Å². The molecule has 1 unspecified atom stereocenters. The van der Waals surface area contributed by atoms with Crippen molar-refractivity contribution in [3.05, 3.63) is 35.4 Å². The fraction of sp³-hybridized carbons (Fsp3) is 0.500. The number of amides is 1. The van der Waals surface area contributed by atoms with Gasteiger partial charge in [0.05, 0.1) is 0 Å². The summed E-state index contributed by atoms with van der Waals surface area (Å²) in [6, 6.07) is 7.46. The number of halogens is 1. The second kappa shape index (κ2) is 5.72. The molecule has 1 aromatic rings. The van der Waals surface area contributed by atoms with E-state index in [-0.39, 0.29) is 18.3 Å². The van der Waals surface area contributed by atoms with E-state index in [1.165, 1.54) is 6.42 Å². The highest BCUT2D eigenvalue weighted by Gasteiger charge is 2.45. The fourth-order valence-corrected chi connectivity index (χ4v) is 2.03. The first-order chi connectivity index (χ1) is 8.03. The summed E-state index contributed by atoms with van der Waals surface area (Å²) in [5.41, 5.74) is 7.68. The van der Waals surface area contributed by atoms with Crippen LogP contribution in [-0.4, -0.2) is 12.5 Å². The lowest BCUT2D eigenvalue weighted by atomic mass is 10.1. The lowest BCUT2D eigenvalue weighted by Gasteiger charge is -2.07. The lowest BCUT2D eigenvalue weighted by molar-refractivity contribution is 0.0950. The summed E-state index contributed by atoms with van der Waals surface area (Å²) < 4.78 is 0. The first-order valence-electron chi connectivity index (χ1n) is 6.10. The van der Waals surface area contributed by atoms with Gasteiger partial charge in [-0.2, -0.15) is 0 Å². The summed E-state index contributed by atoms with van der Waals surface area (Å²) in [4.78, 5) is 11.8. The minimum absolute atomic E-state index is 0. The van der Waals surface area contributed by atoms with E-state index in [1.54, 1.807) is 0 Å². The number of carbonyl (C=O) groups excluding carboxylic acids is 1. The van der Waals surface area contributed by atoms with Crippen molar-refractivity contribution >= 4 is 18.3 Å². The van der Waals surface area contributed by atoms with Crippen molar-refractivity contribution in [3.8, 4) is 0 Å². The molecular weight excluding hydrogens is 248 g/mol. The van der Waals surface area contributed by atoms with Gasteiger partial charge in [0.1, 0.15) is 0 Å². The smallest absolute Gasteiger partial charge is 0.251 e. The van der Waals surface area contributed by atoms with Gasteiger partial charge < -0.3 is 11.1 Å². The highest BCUT2D eigenvalue weighted by molar-refractivity contribution is 5.94. The number of carbonyl (C=O) groups is 1. The van der Waals surface area contributed by atoms with E-state index in [2.05, 4.69) is 19.2 Å². The zero-order valence-electron chi connectivity index (χ0n) is 10.9. The Bertz CT molecular complexity index is 414. The van der Waals surface area contributed by atoms with Crippen LogP contribution in [0.5, 0.6) is 0 Å². The highest BCUT2D eigenvalue weighted by Crippen LogP contribution is 2.50. The monoisotopic (exact) mass is 268 g/mol. The molecule has 0 radical (unpaired) electrons. The van der Waals surface area contributed by atoms with Crippen molar-refractivity contribution in [2.75, 3.05) is 6.54 Å². The van der Waals surface area contributed by atoms with E-state index in [9.17, 15) is 4.79 Å². The molecule has 1 amide bonds. The molecule has 0 saturated heterocycles. The van der Waals surface area contributed by atoms with Crippen LogP contribution in [0.2, 0.25) is 0 Å².